The van der Waals surface area contributed by atoms with Gasteiger partial charge in [-0.3, -0.25) is 4.79 Å². The van der Waals surface area contributed by atoms with Crippen LogP contribution >= 0.6 is 0 Å². The van der Waals surface area contributed by atoms with Crippen LogP contribution in [-0.4, -0.2) is 25.7 Å². The lowest BCUT2D eigenvalue weighted by molar-refractivity contribution is 0.0926. The van der Waals surface area contributed by atoms with Gasteiger partial charge in [0.25, 0.3) is 5.91 Å². The Morgan fingerprint density at radius 2 is 2.26 bits per heavy atom. The van der Waals surface area contributed by atoms with E-state index < -0.39 is 0 Å². The predicted molar refractivity (Wildman–Crippen MR) is 67.4 cm³/mol. The fourth-order valence-corrected chi connectivity index (χ4v) is 1.89. The van der Waals surface area contributed by atoms with Crippen LogP contribution in [-0.2, 0) is 6.54 Å². The van der Waals surface area contributed by atoms with Gasteiger partial charge in [0.2, 0.25) is 0 Å². The van der Waals surface area contributed by atoms with Crippen LogP contribution in [0.5, 0.6) is 0 Å². The van der Waals surface area contributed by atoms with E-state index in [0.717, 1.165) is 12.2 Å². The van der Waals surface area contributed by atoms with E-state index in [1.165, 1.54) is 12.7 Å². The summed E-state index contributed by atoms with van der Waals surface area (Å²) in [6.45, 7) is 6.38. The number of oxazole rings is 1. The average molecular weight is 263 g/mol. The highest BCUT2D eigenvalue weighted by molar-refractivity contribution is 5.93. The van der Waals surface area contributed by atoms with E-state index in [9.17, 15) is 4.79 Å². The molecule has 0 saturated heterocycles. The van der Waals surface area contributed by atoms with Crippen molar-refractivity contribution in [3.63, 3.8) is 0 Å². The molecule has 0 fully saturated rings. The zero-order valence-electron chi connectivity index (χ0n) is 11.3. The van der Waals surface area contributed by atoms with Gasteiger partial charge in [-0.25, -0.2) is 14.6 Å². The minimum Gasteiger partial charge on any atom is -0.448 e. The Morgan fingerprint density at radius 3 is 2.84 bits per heavy atom. The molecule has 0 radical (unpaired) electrons. The average Bonchev–Trinajstić information content (AvgIpc) is 3.03. The first kappa shape index (κ1) is 13.3. The Bertz CT molecular complexity index is 560. The van der Waals surface area contributed by atoms with E-state index in [4.69, 9.17) is 4.42 Å². The molecule has 2 aromatic heterocycles. The summed E-state index contributed by atoms with van der Waals surface area (Å²) in [5, 5.41) is 7.01. The number of nitrogens with one attached hydrogen (secondary N) is 1. The van der Waals surface area contributed by atoms with Crippen molar-refractivity contribution in [3.8, 4) is 0 Å². The molecule has 2 rings (SSSR count). The Hall–Kier alpha value is -2.18. The van der Waals surface area contributed by atoms with Gasteiger partial charge < -0.3 is 9.73 Å². The van der Waals surface area contributed by atoms with Gasteiger partial charge >= 0.3 is 0 Å². The fraction of sp³-hybridized carbons (Fsp3) is 0.500. The van der Waals surface area contributed by atoms with Crippen molar-refractivity contribution >= 4 is 5.91 Å². The molecule has 1 amide bonds. The molecule has 0 aromatic carbocycles. The Balaban J connectivity index is 2.16. The molecule has 7 nitrogen and oxygen atoms in total. The SMILES string of the molecule is CC[C@@H](NC(=O)c1ncoc1C)c1ncnn1CC. The largest absolute Gasteiger partial charge is 0.448 e. The van der Waals surface area contributed by atoms with Crippen molar-refractivity contribution in [1.82, 2.24) is 25.1 Å². The number of amides is 1. The number of aromatic nitrogens is 4. The quantitative estimate of drug-likeness (QED) is 0.883. The van der Waals surface area contributed by atoms with E-state index in [1.54, 1.807) is 11.6 Å². The zero-order valence-corrected chi connectivity index (χ0v) is 11.3. The van der Waals surface area contributed by atoms with Gasteiger partial charge in [0.05, 0.1) is 6.04 Å². The molecule has 0 unspecified atom stereocenters. The Kier molecular flexibility index (Phi) is 3.94. The van der Waals surface area contributed by atoms with E-state index in [0.29, 0.717) is 18.0 Å². The topological polar surface area (TPSA) is 85.8 Å². The summed E-state index contributed by atoms with van der Waals surface area (Å²) >= 11 is 0. The van der Waals surface area contributed by atoms with E-state index >= 15 is 0 Å². The van der Waals surface area contributed by atoms with Crippen LogP contribution in [0.4, 0.5) is 0 Å². The van der Waals surface area contributed by atoms with Crippen molar-refractivity contribution < 1.29 is 9.21 Å². The van der Waals surface area contributed by atoms with Crippen molar-refractivity contribution in [2.24, 2.45) is 0 Å². The second-order valence-corrected chi connectivity index (χ2v) is 4.13. The first-order valence-electron chi connectivity index (χ1n) is 6.26. The molecule has 0 aliphatic heterocycles. The van der Waals surface area contributed by atoms with Crippen LogP contribution < -0.4 is 5.32 Å². The highest BCUT2D eigenvalue weighted by atomic mass is 16.3. The fourth-order valence-electron chi connectivity index (χ4n) is 1.89. The Morgan fingerprint density at radius 1 is 1.47 bits per heavy atom. The van der Waals surface area contributed by atoms with Gasteiger partial charge in [0.15, 0.2) is 12.1 Å². The summed E-state index contributed by atoms with van der Waals surface area (Å²) in [4.78, 5) is 20.2. The van der Waals surface area contributed by atoms with Crippen LogP contribution in [0.1, 0.15) is 48.4 Å². The van der Waals surface area contributed by atoms with Gasteiger partial charge in [0.1, 0.15) is 17.9 Å². The lowest BCUT2D eigenvalue weighted by Crippen LogP contribution is -2.31. The summed E-state index contributed by atoms with van der Waals surface area (Å²) in [5.74, 6) is 0.993. The summed E-state index contributed by atoms with van der Waals surface area (Å²) in [7, 11) is 0. The Labute approximate surface area is 111 Å². The maximum Gasteiger partial charge on any atom is 0.274 e. The smallest absolute Gasteiger partial charge is 0.274 e. The molecule has 1 atom stereocenters. The van der Waals surface area contributed by atoms with Gasteiger partial charge in [-0.1, -0.05) is 6.92 Å². The van der Waals surface area contributed by atoms with Gasteiger partial charge in [0, 0.05) is 6.54 Å². The molecule has 2 aromatic rings. The molecular weight excluding hydrogens is 246 g/mol. The second-order valence-electron chi connectivity index (χ2n) is 4.13. The molecule has 102 valence electrons. The van der Waals surface area contributed by atoms with E-state index in [-0.39, 0.29) is 11.9 Å². The lowest BCUT2D eigenvalue weighted by Gasteiger charge is -2.16. The van der Waals surface area contributed by atoms with E-state index in [2.05, 4.69) is 20.4 Å². The number of aryl methyl sites for hydroxylation is 2. The maximum atomic E-state index is 12.1. The van der Waals surface area contributed by atoms with Crippen LogP contribution in [0.3, 0.4) is 0 Å². The maximum absolute atomic E-state index is 12.1. The molecule has 0 aliphatic carbocycles. The monoisotopic (exact) mass is 263 g/mol. The predicted octanol–water partition coefficient (Wildman–Crippen LogP) is 1.48. The van der Waals surface area contributed by atoms with Crippen molar-refractivity contribution in [3.05, 3.63) is 30.0 Å². The minimum absolute atomic E-state index is 0.189. The first-order valence-corrected chi connectivity index (χ1v) is 6.26. The van der Waals surface area contributed by atoms with Crippen LogP contribution in [0.15, 0.2) is 17.1 Å². The molecule has 19 heavy (non-hydrogen) atoms. The van der Waals surface area contributed by atoms with Crippen LogP contribution in [0.25, 0.3) is 0 Å². The summed E-state index contributed by atoms with van der Waals surface area (Å²) in [6.07, 6.45) is 3.48. The van der Waals surface area contributed by atoms with Crippen LogP contribution in [0, 0.1) is 6.92 Å². The van der Waals surface area contributed by atoms with Crippen molar-refractivity contribution in [1.29, 1.82) is 0 Å². The third-order valence-electron chi connectivity index (χ3n) is 2.93. The van der Waals surface area contributed by atoms with Gasteiger partial charge in [-0.15, -0.1) is 0 Å². The van der Waals surface area contributed by atoms with Crippen molar-refractivity contribution in [2.45, 2.75) is 39.8 Å². The van der Waals surface area contributed by atoms with E-state index in [1.807, 2.05) is 13.8 Å². The number of rotatable bonds is 5. The molecule has 7 heteroatoms. The zero-order chi connectivity index (χ0) is 13.8. The summed E-state index contributed by atoms with van der Waals surface area (Å²) in [6, 6.07) is -0.189. The summed E-state index contributed by atoms with van der Waals surface area (Å²) < 4.78 is 6.80. The van der Waals surface area contributed by atoms with Crippen LogP contribution in [0.2, 0.25) is 0 Å². The third-order valence-corrected chi connectivity index (χ3v) is 2.93. The molecule has 0 bridgehead atoms. The highest BCUT2D eigenvalue weighted by Gasteiger charge is 2.21. The van der Waals surface area contributed by atoms with Gasteiger partial charge in [-0.05, 0) is 20.3 Å². The standard InChI is InChI=1S/C12H17N5O2/c1-4-9(11-13-6-15-17(11)5-2)16-12(18)10-8(3)19-7-14-10/h6-7,9H,4-5H2,1-3H3,(H,16,18)/t9-/m1/s1. The minimum atomic E-state index is -0.260. The number of nitrogens with zero attached hydrogens (tertiary/aromatic N) is 4. The lowest BCUT2D eigenvalue weighted by atomic mass is 10.2. The molecule has 0 aliphatic rings. The number of carbonyl (C=O) groups is 1. The molecular formula is C12H17N5O2. The second kappa shape index (κ2) is 5.64. The number of hydrogen-bond donors (Lipinski definition) is 1. The third kappa shape index (κ3) is 2.64. The normalized spacial score (nSPS) is 12.4. The molecule has 0 saturated carbocycles. The summed E-state index contributed by atoms with van der Waals surface area (Å²) in [5.41, 5.74) is 0.306. The molecule has 1 N–H and O–H groups in total. The van der Waals surface area contributed by atoms with Crippen molar-refractivity contribution in [2.75, 3.05) is 0 Å². The molecule has 2 heterocycles. The first-order chi connectivity index (χ1) is 9.17. The van der Waals surface area contributed by atoms with Gasteiger partial charge in [-0.2, -0.15) is 5.10 Å². The number of carbonyl (C=O) groups excluding carboxylic acids is 1. The highest BCUT2D eigenvalue weighted by Crippen LogP contribution is 2.15. The molecule has 0 spiro atoms. The number of hydrogen-bond acceptors (Lipinski definition) is 5.